The molecule has 118 valence electrons. The molecule has 22 heavy (non-hydrogen) atoms. The second kappa shape index (κ2) is 6.29. The van der Waals surface area contributed by atoms with Gasteiger partial charge in [-0.3, -0.25) is 9.59 Å². The highest BCUT2D eigenvalue weighted by molar-refractivity contribution is 5.89. The molecule has 0 unspecified atom stereocenters. The third kappa shape index (κ3) is 3.18. The zero-order valence-electron chi connectivity index (χ0n) is 12.6. The predicted octanol–water partition coefficient (Wildman–Crippen LogP) is 0.325. The van der Waals surface area contributed by atoms with Crippen LogP contribution >= 0.6 is 0 Å². The van der Waals surface area contributed by atoms with E-state index in [0.29, 0.717) is 32.1 Å². The standard InChI is InChI=1S/C15H20N4O3/c1-18-10-11(9-13(18)20)14(21)19-7-3-12(4-8-19)22-15-16-5-2-6-17-15/h2,5-6,11-12H,3-4,7-10H2,1H3/t11-/m0/s1. The molecule has 3 heterocycles. The van der Waals surface area contributed by atoms with Gasteiger partial charge in [0.25, 0.3) is 0 Å². The fourth-order valence-corrected chi connectivity index (χ4v) is 2.98. The number of carbonyl (C=O) groups excluding carboxylic acids is 2. The van der Waals surface area contributed by atoms with Crippen molar-refractivity contribution in [3.8, 4) is 6.01 Å². The van der Waals surface area contributed by atoms with Crippen LogP contribution in [0.5, 0.6) is 6.01 Å². The molecule has 2 fully saturated rings. The third-order valence-corrected chi connectivity index (χ3v) is 4.26. The number of nitrogens with zero attached hydrogens (tertiary/aromatic N) is 4. The van der Waals surface area contributed by atoms with Crippen LogP contribution in [0.2, 0.25) is 0 Å². The molecule has 2 aliphatic rings. The Labute approximate surface area is 129 Å². The van der Waals surface area contributed by atoms with Crippen LogP contribution in [-0.4, -0.2) is 64.4 Å². The van der Waals surface area contributed by atoms with Crippen LogP contribution in [0.25, 0.3) is 0 Å². The summed E-state index contributed by atoms with van der Waals surface area (Å²) in [5.41, 5.74) is 0. The molecule has 0 N–H and O–H groups in total. The molecule has 7 heteroatoms. The molecule has 0 bridgehead atoms. The monoisotopic (exact) mass is 304 g/mol. The maximum absolute atomic E-state index is 12.4. The van der Waals surface area contributed by atoms with Crippen molar-refractivity contribution in [2.75, 3.05) is 26.7 Å². The van der Waals surface area contributed by atoms with Crippen molar-refractivity contribution in [1.29, 1.82) is 0 Å². The predicted molar refractivity (Wildman–Crippen MR) is 78.0 cm³/mol. The van der Waals surface area contributed by atoms with Gasteiger partial charge < -0.3 is 14.5 Å². The highest BCUT2D eigenvalue weighted by Crippen LogP contribution is 2.22. The van der Waals surface area contributed by atoms with Gasteiger partial charge in [-0.2, -0.15) is 0 Å². The number of carbonyl (C=O) groups is 2. The molecule has 0 aromatic carbocycles. The molecule has 0 radical (unpaired) electrons. The van der Waals surface area contributed by atoms with Gasteiger partial charge in [0.1, 0.15) is 6.10 Å². The molecule has 0 spiro atoms. The van der Waals surface area contributed by atoms with E-state index in [0.717, 1.165) is 12.8 Å². The number of hydrogen-bond donors (Lipinski definition) is 0. The third-order valence-electron chi connectivity index (χ3n) is 4.26. The van der Waals surface area contributed by atoms with E-state index < -0.39 is 0 Å². The molecule has 1 atom stereocenters. The Hall–Kier alpha value is -2.18. The molecule has 3 rings (SSSR count). The van der Waals surface area contributed by atoms with Crippen molar-refractivity contribution < 1.29 is 14.3 Å². The molecule has 1 aromatic rings. The summed E-state index contributed by atoms with van der Waals surface area (Å²) in [5, 5.41) is 0. The number of rotatable bonds is 3. The number of piperidine rings is 1. The van der Waals surface area contributed by atoms with Gasteiger partial charge in [0, 0.05) is 58.3 Å². The van der Waals surface area contributed by atoms with Crippen LogP contribution in [0.15, 0.2) is 18.5 Å². The summed E-state index contributed by atoms with van der Waals surface area (Å²) in [6, 6.07) is 2.13. The Morgan fingerprint density at radius 1 is 1.27 bits per heavy atom. The van der Waals surface area contributed by atoms with Crippen molar-refractivity contribution >= 4 is 11.8 Å². The van der Waals surface area contributed by atoms with Crippen LogP contribution in [0, 0.1) is 5.92 Å². The number of hydrogen-bond acceptors (Lipinski definition) is 5. The topological polar surface area (TPSA) is 75.6 Å². The second-order valence-corrected chi connectivity index (χ2v) is 5.85. The smallest absolute Gasteiger partial charge is 0.316 e. The number of likely N-dealkylation sites (tertiary alicyclic amines) is 2. The Balaban J connectivity index is 1.49. The molecule has 2 saturated heterocycles. The molecular formula is C15H20N4O3. The SMILES string of the molecule is CN1C[C@@H](C(=O)N2CCC(Oc3ncccn3)CC2)CC1=O. The molecular weight excluding hydrogens is 284 g/mol. The van der Waals surface area contributed by atoms with Gasteiger partial charge in [-0.1, -0.05) is 0 Å². The lowest BCUT2D eigenvalue weighted by atomic mass is 10.0. The molecule has 0 aliphatic carbocycles. The Bertz CT molecular complexity index is 543. The minimum Gasteiger partial charge on any atom is -0.460 e. The maximum atomic E-state index is 12.4. The Morgan fingerprint density at radius 2 is 1.95 bits per heavy atom. The molecule has 0 saturated carbocycles. The minimum absolute atomic E-state index is 0.0410. The molecule has 7 nitrogen and oxygen atoms in total. The lowest BCUT2D eigenvalue weighted by Gasteiger charge is -2.33. The van der Waals surface area contributed by atoms with Crippen LogP contribution in [0.1, 0.15) is 19.3 Å². The summed E-state index contributed by atoms with van der Waals surface area (Å²) in [5.74, 6) is -0.0441. The first kappa shape index (κ1) is 14.7. The molecule has 1 aromatic heterocycles. The zero-order chi connectivity index (χ0) is 15.5. The fraction of sp³-hybridized carbons (Fsp3) is 0.600. The Morgan fingerprint density at radius 3 is 2.55 bits per heavy atom. The summed E-state index contributed by atoms with van der Waals surface area (Å²) in [7, 11) is 1.75. The first-order valence-corrected chi connectivity index (χ1v) is 7.60. The normalized spacial score (nSPS) is 23.0. The van der Waals surface area contributed by atoms with Crippen molar-refractivity contribution in [2.45, 2.75) is 25.4 Å². The van der Waals surface area contributed by atoms with E-state index in [9.17, 15) is 9.59 Å². The van der Waals surface area contributed by atoms with Gasteiger partial charge in [0.05, 0.1) is 5.92 Å². The summed E-state index contributed by atoms with van der Waals surface area (Å²) >= 11 is 0. The van der Waals surface area contributed by atoms with E-state index in [4.69, 9.17) is 4.74 Å². The van der Waals surface area contributed by atoms with E-state index in [1.165, 1.54) is 0 Å². The van der Waals surface area contributed by atoms with Gasteiger partial charge in [-0.05, 0) is 6.07 Å². The summed E-state index contributed by atoms with van der Waals surface area (Å²) in [6.45, 7) is 1.85. The van der Waals surface area contributed by atoms with E-state index in [1.807, 2.05) is 4.90 Å². The lowest BCUT2D eigenvalue weighted by molar-refractivity contribution is -0.137. The Kier molecular flexibility index (Phi) is 4.22. The lowest BCUT2D eigenvalue weighted by Crippen LogP contribution is -2.44. The van der Waals surface area contributed by atoms with Gasteiger partial charge in [-0.15, -0.1) is 0 Å². The van der Waals surface area contributed by atoms with Crippen molar-refractivity contribution in [3.05, 3.63) is 18.5 Å². The largest absolute Gasteiger partial charge is 0.460 e. The van der Waals surface area contributed by atoms with Crippen LogP contribution in [0.4, 0.5) is 0 Å². The molecule has 2 aliphatic heterocycles. The fourth-order valence-electron chi connectivity index (χ4n) is 2.98. The minimum atomic E-state index is -0.188. The van der Waals surface area contributed by atoms with Gasteiger partial charge in [-0.25, -0.2) is 9.97 Å². The van der Waals surface area contributed by atoms with Gasteiger partial charge >= 0.3 is 6.01 Å². The van der Waals surface area contributed by atoms with Crippen molar-refractivity contribution in [1.82, 2.24) is 19.8 Å². The van der Waals surface area contributed by atoms with Gasteiger partial charge in [0.15, 0.2) is 0 Å². The quantitative estimate of drug-likeness (QED) is 0.804. The van der Waals surface area contributed by atoms with E-state index >= 15 is 0 Å². The summed E-state index contributed by atoms with van der Waals surface area (Å²) < 4.78 is 5.72. The molecule has 2 amide bonds. The second-order valence-electron chi connectivity index (χ2n) is 5.85. The first-order chi connectivity index (χ1) is 10.6. The van der Waals surface area contributed by atoms with Crippen LogP contribution in [-0.2, 0) is 9.59 Å². The number of aromatic nitrogens is 2. The van der Waals surface area contributed by atoms with Gasteiger partial charge in [0.2, 0.25) is 11.8 Å². The summed E-state index contributed by atoms with van der Waals surface area (Å²) in [6.07, 6.45) is 5.20. The average Bonchev–Trinajstić information content (AvgIpc) is 2.88. The first-order valence-electron chi connectivity index (χ1n) is 7.60. The summed E-state index contributed by atoms with van der Waals surface area (Å²) in [4.78, 5) is 35.6. The maximum Gasteiger partial charge on any atom is 0.316 e. The average molecular weight is 304 g/mol. The highest BCUT2D eigenvalue weighted by Gasteiger charge is 2.36. The zero-order valence-corrected chi connectivity index (χ0v) is 12.6. The van der Waals surface area contributed by atoms with Crippen molar-refractivity contribution in [2.24, 2.45) is 5.92 Å². The highest BCUT2D eigenvalue weighted by atomic mass is 16.5. The van der Waals surface area contributed by atoms with Crippen LogP contribution in [0.3, 0.4) is 0 Å². The van der Waals surface area contributed by atoms with Crippen LogP contribution < -0.4 is 4.74 Å². The van der Waals surface area contributed by atoms with Crippen molar-refractivity contribution in [3.63, 3.8) is 0 Å². The number of ether oxygens (including phenoxy) is 1. The van der Waals surface area contributed by atoms with E-state index in [-0.39, 0.29) is 23.8 Å². The van der Waals surface area contributed by atoms with E-state index in [2.05, 4.69) is 9.97 Å². The number of amides is 2. The van der Waals surface area contributed by atoms with E-state index in [1.54, 1.807) is 30.4 Å².